The van der Waals surface area contributed by atoms with Crippen molar-refractivity contribution in [2.24, 2.45) is 5.92 Å². The van der Waals surface area contributed by atoms with Crippen LogP contribution in [-0.4, -0.2) is 51.6 Å². The van der Waals surface area contributed by atoms with E-state index in [0.717, 1.165) is 6.42 Å². The fraction of sp³-hybridized carbons (Fsp3) is 0.667. The molecule has 1 aromatic carbocycles. The Balaban J connectivity index is 3.57. The van der Waals surface area contributed by atoms with Crippen LogP contribution in [0.25, 0.3) is 0 Å². The number of hydrogen-bond acceptors (Lipinski definition) is 5. The number of ether oxygens (including phenoxy) is 1. The molecule has 198 valence electrons. The minimum absolute atomic E-state index is 0.0305. The molecule has 0 fully saturated rings. The molecule has 2 unspecified atom stereocenters. The summed E-state index contributed by atoms with van der Waals surface area (Å²) in [4.78, 5) is 41.6. The number of benzene rings is 1. The number of aromatic hydroxyl groups is 1. The maximum atomic E-state index is 14.0. The number of phenolic OH excluding ortho intramolecular Hbond substituents is 1. The van der Waals surface area contributed by atoms with Crippen LogP contribution >= 0.6 is 0 Å². The number of rotatable bonds is 9. The number of phenols is 1. The molecule has 0 saturated heterocycles. The van der Waals surface area contributed by atoms with Gasteiger partial charge in [-0.15, -0.1) is 0 Å². The van der Waals surface area contributed by atoms with Gasteiger partial charge >= 0.3 is 6.09 Å². The van der Waals surface area contributed by atoms with Crippen LogP contribution in [0.3, 0.4) is 0 Å². The predicted molar refractivity (Wildman–Crippen MR) is 138 cm³/mol. The van der Waals surface area contributed by atoms with Gasteiger partial charge in [-0.2, -0.15) is 0 Å². The van der Waals surface area contributed by atoms with E-state index in [2.05, 4.69) is 10.6 Å². The van der Waals surface area contributed by atoms with Gasteiger partial charge in [0.25, 0.3) is 0 Å². The Labute approximate surface area is 210 Å². The van der Waals surface area contributed by atoms with Gasteiger partial charge in [0, 0.05) is 17.6 Å². The highest BCUT2D eigenvalue weighted by Crippen LogP contribution is 2.33. The Kier molecular flexibility index (Phi) is 10.6. The zero-order valence-electron chi connectivity index (χ0n) is 23.1. The predicted octanol–water partition coefficient (Wildman–Crippen LogP) is 4.83. The largest absolute Gasteiger partial charge is 0.507 e. The number of nitrogens with one attached hydrogen (secondary N) is 2. The molecule has 0 aromatic heterocycles. The number of para-hydroxylation sites is 1. The topological polar surface area (TPSA) is 108 Å². The van der Waals surface area contributed by atoms with Gasteiger partial charge in [-0.1, -0.05) is 45.4 Å². The lowest BCUT2D eigenvalue weighted by Gasteiger charge is -2.37. The third kappa shape index (κ3) is 9.42. The molecule has 3 amide bonds. The monoisotopic (exact) mass is 491 g/mol. The number of nitrogens with zero attached hydrogens (tertiary/aromatic N) is 1. The summed E-state index contributed by atoms with van der Waals surface area (Å²) in [5.41, 5.74) is -0.332. The van der Waals surface area contributed by atoms with Crippen LogP contribution in [0.4, 0.5) is 4.79 Å². The smallest absolute Gasteiger partial charge is 0.408 e. The van der Waals surface area contributed by atoms with Crippen molar-refractivity contribution in [2.75, 3.05) is 6.54 Å². The molecular formula is C27H45N3O5. The summed E-state index contributed by atoms with van der Waals surface area (Å²) in [5, 5.41) is 16.5. The summed E-state index contributed by atoms with van der Waals surface area (Å²) in [7, 11) is 0. The average molecular weight is 492 g/mol. The van der Waals surface area contributed by atoms with E-state index in [1.54, 1.807) is 45.9 Å². The lowest BCUT2D eigenvalue weighted by molar-refractivity contribution is -0.144. The molecule has 1 rings (SSSR count). The Morgan fingerprint density at radius 3 is 2.17 bits per heavy atom. The highest BCUT2D eigenvalue weighted by Gasteiger charge is 2.39. The number of unbranched alkanes of at least 4 members (excludes halogenated alkanes) is 1. The van der Waals surface area contributed by atoms with E-state index in [1.165, 1.54) is 4.90 Å². The van der Waals surface area contributed by atoms with Crippen molar-refractivity contribution in [3.63, 3.8) is 0 Å². The van der Waals surface area contributed by atoms with E-state index in [1.807, 2.05) is 41.5 Å². The van der Waals surface area contributed by atoms with Crippen molar-refractivity contribution in [1.82, 2.24) is 15.5 Å². The number of carbonyl (C=O) groups is 3. The quantitative estimate of drug-likeness (QED) is 0.458. The highest BCUT2D eigenvalue weighted by molar-refractivity contribution is 5.93. The van der Waals surface area contributed by atoms with Crippen LogP contribution in [0.15, 0.2) is 18.2 Å². The Bertz CT molecular complexity index is 884. The fourth-order valence-electron chi connectivity index (χ4n) is 3.61. The van der Waals surface area contributed by atoms with Crippen LogP contribution in [0, 0.1) is 12.8 Å². The first-order chi connectivity index (χ1) is 16.0. The molecule has 0 radical (unpaired) electrons. The summed E-state index contributed by atoms with van der Waals surface area (Å²) in [6.45, 7) is 18.5. The summed E-state index contributed by atoms with van der Waals surface area (Å²) in [5.74, 6) is -1.11. The standard InChI is InChI=1S/C27H45N3O5/c1-11-12-16-30(24(33)20(17(2)3)28-25(34)35-27(8,9)10)21(23(32)29-26(5,6)7)19-15-13-14-18(4)22(19)31/h13-15,17,20-21,31H,11-12,16H2,1-10H3,(H,28,34)(H,29,32). The zero-order valence-corrected chi connectivity index (χ0v) is 23.1. The molecule has 0 spiro atoms. The summed E-state index contributed by atoms with van der Waals surface area (Å²) < 4.78 is 5.38. The van der Waals surface area contributed by atoms with Crippen molar-refractivity contribution < 1.29 is 24.2 Å². The van der Waals surface area contributed by atoms with Gasteiger partial charge in [-0.3, -0.25) is 9.59 Å². The van der Waals surface area contributed by atoms with E-state index in [0.29, 0.717) is 17.5 Å². The molecule has 0 heterocycles. The van der Waals surface area contributed by atoms with E-state index < -0.39 is 41.1 Å². The van der Waals surface area contributed by atoms with Gasteiger partial charge in [0.2, 0.25) is 11.8 Å². The normalized spacial score (nSPS) is 13.7. The zero-order chi connectivity index (χ0) is 27.1. The Morgan fingerprint density at radius 1 is 1.09 bits per heavy atom. The molecule has 35 heavy (non-hydrogen) atoms. The maximum absolute atomic E-state index is 14.0. The first kappa shape index (κ1) is 30.3. The average Bonchev–Trinajstić information content (AvgIpc) is 2.68. The van der Waals surface area contributed by atoms with E-state index in [-0.39, 0.29) is 18.2 Å². The molecule has 3 N–H and O–H groups in total. The molecular weight excluding hydrogens is 446 g/mol. The first-order valence-electron chi connectivity index (χ1n) is 12.4. The molecule has 0 saturated carbocycles. The number of alkyl carbamates (subject to hydrolysis) is 1. The molecule has 8 nitrogen and oxygen atoms in total. The third-order valence-corrected chi connectivity index (χ3v) is 5.26. The molecule has 0 aliphatic carbocycles. The van der Waals surface area contributed by atoms with Gasteiger partial charge in [-0.05, 0) is 66.4 Å². The molecule has 0 aliphatic rings. The van der Waals surface area contributed by atoms with E-state index >= 15 is 0 Å². The fourth-order valence-corrected chi connectivity index (χ4v) is 3.61. The minimum Gasteiger partial charge on any atom is -0.507 e. The minimum atomic E-state index is -1.07. The van der Waals surface area contributed by atoms with Crippen molar-refractivity contribution in [2.45, 2.75) is 105 Å². The molecule has 1 aromatic rings. The van der Waals surface area contributed by atoms with Gasteiger partial charge in [0.1, 0.15) is 23.4 Å². The number of carbonyl (C=O) groups excluding carboxylic acids is 3. The third-order valence-electron chi connectivity index (χ3n) is 5.26. The molecule has 0 aliphatic heterocycles. The summed E-state index contributed by atoms with van der Waals surface area (Å²) in [6, 6.07) is 3.17. The van der Waals surface area contributed by atoms with Gasteiger partial charge in [0.15, 0.2) is 0 Å². The van der Waals surface area contributed by atoms with Crippen LogP contribution in [-0.2, 0) is 14.3 Å². The van der Waals surface area contributed by atoms with Gasteiger partial charge < -0.3 is 25.4 Å². The van der Waals surface area contributed by atoms with Crippen LogP contribution in [0.1, 0.15) is 92.3 Å². The van der Waals surface area contributed by atoms with Gasteiger partial charge in [-0.25, -0.2) is 4.79 Å². The van der Waals surface area contributed by atoms with Crippen LogP contribution in [0.5, 0.6) is 5.75 Å². The van der Waals surface area contributed by atoms with Crippen molar-refractivity contribution >= 4 is 17.9 Å². The SMILES string of the molecule is CCCCN(C(=O)C(NC(=O)OC(C)(C)C)C(C)C)C(C(=O)NC(C)(C)C)c1cccc(C)c1O. The van der Waals surface area contributed by atoms with Crippen LogP contribution < -0.4 is 10.6 Å². The Morgan fingerprint density at radius 2 is 1.69 bits per heavy atom. The van der Waals surface area contributed by atoms with Crippen molar-refractivity contribution in [3.05, 3.63) is 29.3 Å². The second-order valence-electron chi connectivity index (χ2n) is 11.4. The van der Waals surface area contributed by atoms with Crippen molar-refractivity contribution in [3.8, 4) is 5.75 Å². The van der Waals surface area contributed by atoms with Crippen molar-refractivity contribution in [1.29, 1.82) is 0 Å². The lowest BCUT2D eigenvalue weighted by Crippen LogP contribution is -2.56. The Hall–Kier alpha value is -2.77. The highest BCUT2D eigenvalue weighted by atomic mass is 16.6. The summed E-state index contributed by atoms with van der Waals surface area (Å²) in [6.07, 6.45) is 0.742. The summed E-state index contributed by atoms with van der Waals surface area (Å²) >= 11 is 0. The lowest BCUT2D eigenvalue weighted by atomic mass is 9.96. The van der Waals surface area contributed by atoms with Crippen LogP contribution in [0.2, 0.25) is 0 Å². The number of amides is 3. The second-order valence-corrected chi connectivity index (χ2v) is 11.4. The maximum Gasteiger partial charge on any atom is 0.408 e. The van der Waals surface area contributed by atoms with Gasteiger partial charge in [0.05, 0.1) is 0 Å². The first-order valence-corrected chi connectivity index (χ1v) is 12.4. The number of hydrogen-bond donors (Lipinski definition) is 3. The molecule has 0 bridgehead atoms. The molecule has 2 atom stereocenters. The second kappa shape index (κ2) is 12.3. The van der Waals surface area contributed by atoms with E-state index in [4.69, 9.17) is 4.74 Å². The molecule has 8 heteroatoms. The number of aryl methyl sites for hydroxylation is 1. The van der Waals surface area contributed by atoms with E-state index in [9.17, 15) is 19.5 Å².